The third kappa shape index (κ3) is 3.16. The minimum Gasteiger partial charge on any atom is -0.369 e. The molecule has 1 fully saturated rings. The number of benzene rings is 1. The predicted octanol–water partition coefficient (Wildman–Crippen LogP) is 4.07. The molecular weight excluding hydrogens is 348 g/mol. The highest BCUT2D eigenvalue weighted by Gasteiger charge is 2.45. The number of pyridine rings is 1. The van der Waals surface area contributed by atoms with E-state index in [9.17, 15) is 0 Å². The van der Waals surface area contributed by atoms with Gasteiger partial charge in [0.2, 0.25) is 0 Å². The average molecular weight is 372 g/mol. The van der Waals surface area contributed by atoms with Crippen LogP contribution in [0.5, 0.6) is 0 Å². The lowest BCUT2D eigenvalue weighted by atomic mass is 9.74. The molecule has 2 aliphatic rings. The van der Waals surface area contributed by atoms with Crippen LogP contribution in [0.4, 0.5) is 5.82 Å². The van der Waals surface area contributed by atoms with Crippen LogP contribution >= 0.6 is 0 Å². The molecule has 1 saturated heterocycles. The lowest BCUT2D eigenvalue weighted by Crippen LogP contribution is -2.42. The summed E-state index contributed by atoms with van der Waals surface area (Å²) in [6.07, 6.45) is 12.5. The van der Waals surface area contributed by atoms with Crippen LogP contribution in [0.15, 0.2) is 67.4 Å². The van der Waals surface area contributed by atoms with Gasteiger partial charge in [0.15, 0.2) is 0 Å². The van der Waals surface area contributed by atoms with Crippen molar-refractivity contribution in [2.24, 2.45) is 0 Å². The second-order valence-corrected chi connectivity index (χ2v) is 7.78. The summed E-state index contributed by atoms with van der Waals surface area (Å²) < 4.78 is 6.38. The standard InChI is InChI=1S/C23H24N4O/c1-2-6-20-19(5-1)21(28-17-18-4-3-9-24-15-18)14-23(20)7-12-27(13-8-23)22-16-25-10-11-26-22/h1-6,9-11,15-16,21H,7-8,12-14,17H2/t21-/m0/s1. The summed E-state index contributed by atoms with van der Waals surface area (Å²) in [5.41, 5.74) is 4.16. The second kappa shape index (κ2) is 7.32. The highest BCUT2D eigenvalue weighted by molar-refractivity contribution is 5.44. The summed E-state index contributed by atoms with van der Waals surface area (Å²) in [6.45, 7) is 2.61. The van der Waals surface area contributed by atoms with Gasteiger partial charge in [0, 0.05) is 43.3 Å². The lowest BCUT2D eigenvalue weighted by Gasteiger charge is -2.40. The number of nitrogens with zero attached hydrogens (tertiary/aromatic N) is 4. The van der Waals surface area contributed by atoms with Crippen LogP contribution in [0.2, 0.25) is 0 Å². The molecule has 0 N–H and O–H groups in total. The van der Waals surface area contributed by atoms with Crippen LogP contribution in [0.25, 0.3) is 0 Å². The Morgan fingerprint density at radius 1 is 0.964 bits per heavy atom. The smallest absolute Gasteiger partial charge is 0.147 e. The van der Waals surface area contributed by atoms with Crippen LogP contribution in [0, 0.1) is 0 Å². The number of fused-ring (bicyclic) bond motifs is 2. The molecule has 0 radical (unpaired) electrons. The zero-order valence-electron chi connectivity index (χ0n) is 15.9. The summed E-state index contributed by atoms with van der Waals surface area (Å²) in [5, 5.41) is 0. The number of piperidine rings is 1. The molecule has 142 valence electrons. The Hall–Kier alpha value is -2.79. The van der Waals surface area contributed by atoms with Crippen molar-refractivity contribution in [2.45, 2.75) is 37.4 Å². The summed E-state index contributed by atoms with van der Waals surface area (Å²) in [6, 6.07) is 12.9. The minimum absolute atomic E-state index is 0.152. The molecule has 28 heavy (non-hydrogen) atoms. The number of aromatic nitrogens is 3. The third-order valence-corrected chi connectivity index (χ3v) is 6.22. The molecule has 1 spiro atoms. The van der Waals surface area contributed by atoms with Crippen molar-refractivity contribution < 1.29 is 4.74 Å². The maximum atomic E-state index is 6.38. The fourth-order valence-electron chi connectivity index (χ4n) is 4.76. The van der Waals surface area contributed by atoms with E-state index in [4.69, 9.17) is 4.74 Å². The molecular formula is C23H24N4O. The van der Waals surface area contributed by atoms with E-state index in [0.29, 0.717) is 6.61 Å². The highest BCUT2D eigenvalue weighted by Crippen LogP contribution is 2.52. The molecule has 0 bridgehead atoms. The molecule has 1 atom stereocenters. The second-order valence-electron chi connectivity index (χ2n) is 7.78. The van der Waals surface area contributed by atoms with Crippen molar-refractivity contribution in [2.75, 3.05) is 18.0 Å². The number of hydrogen-bond acceptors (Lipinski definition) is 5. The zero-order valence-corrected chi connectivity index (χ0v) is 15.9. The van der Waals surface area contributed by atoms with Crippen molar-refractivity contribution in [3.8, 4) is 0 Å². The minimum atomic E-state index is 0.152. The first kappa shape index (κ1) is 17.3. The molecule has 3 heterocycles. The molecule has 5 heteroatoms. The van der Waals surface area contributed by atoms with Crippen LogP contribution < -0.4 is 4.90 Å². The number of anilines is 1. The van der Waals surface area contributed by atoms with Gasteiger partial charge in [0.25, 0.3) is 0 Å². The first-order valence-corrected chi connectivity index (χ1v) is 9.95. The van der Waals surface area contributed by atoms with E-state index in [1.807, 2.05) is 18.5 Å². The summed E-state index contributed by atoms with van der Waals surface area (Å²) in [7, 11) is 0. The maximum Gasteiger partial charge on any atom is 0.147 e. The van der Waals surface area contributed by atoms with Gasteiger partial charge in [-0.1, -0.05) is 30.3 Å². The normalized spacial score (nSPS) is 20.3. The Balaban J connectivity index is 1.33. The van der Waals surface area contributed by atoms with E-state index in [2.05, 4.69) is 50.2 Å². The van der Waals surface area contributed by atoms with Crippen LogP contribution in [-0.4, -0.2) is 28.0 Å². The number of rotatable bonds is 4. The quantitative estimate of drug-likeness (QED) is 0.691. The van der Waals surface area contributed by atoms with Gasteiger partial charge in [-0.05, 0) is 42.0 Å². The Morgan fingerprint density at radius 3 is 2.61 bits per heavy atom. The van der Waals surface area contributed by atoms with E-state index in [-0.39, 0.29) is 11.5 Å². The number of ether oxygens (including phenoxy) is 1. The zero-order chi connectivity index (χ0) is 18.8. The summed E-state index contributed by atoms with van der Waals surface area (Å²) >= 11 is 0. The molecule has 0 amide bonds. The van der Waals surface area contributed by atoms with E-state index in [1.165, 1.54) is 11.1 Å². The molecule has 0 saturated carbocycles. The molecule has 2 aromatic heterocycles. The van der Waals surface area contributed by atoms with Gasteiger partial charge >= 0.3 is 0 Å². The van der Waals surface area contributed by atoms with Crippen molar-refractivity contribution in [3.05, 3.63) is 84.1 Å². The van der Waals surface area contributed by atoms with E-state index in [0.717, 1.165) is 43.7 Å². The van der Waals surface area contributed by atoms with Gasteiger partial charge in [-0.3, -0.25) is 9.97 Å². The average Bonchev–Trinajstić information content (AvgIpc) is 3.08. The Bertz CT molecular complexity index is 924. The summed E-state index contributed by atoms with van der Waals surface area (Å²) in [4.78, 5) is 15.2. The van der Waals surface area contributed by atoms with Crippen molar-refractivity contribution in [1.82, 2.24) is 15.0 Å². The van der Waals surface area contributed by atoms with Crippen molar-refractivity contribution in [1.29, 1.82) is 0 Å². The van der Waals surface area contributed by atoms with Gasteiger partial charge in [-0.15, -0.1) is 0 Å². The lowest BCUT2D eigenvalue weighted by molar-refractivity contribution is 0.0272. The molecule has 1 aliphatic heterocycles. The molecule has 1 aromatic carbocycles. The van der Waals surface area contributed by atoms with Crippen molar-refractivity contribution in [3.63, 3.8) is 0 Å². The highest BCUT2D eigenvalue weighted by atomic mass is 16.5. The largest absolute Gasteiger partial charge is 0.369 e. The fourth-order valence-corrected chi connectivity index (χ4v) is 4.76. The van der Waals surface area contributed by atoms with Gasteiger partial charge in [0.05, 0.1) is 18.9 Å². The van der Waals surface area contributed by atoms with Gasteiger partial charge in [0.1, 0.15) is 5.82 Å². The molecule has 5 nitrogen and oxygen atoms in total. The molecule has 5 rings (SSSR count). The van der Waals surface area contributed by atoms with E-state index in [1.54, 1.807) is 18.6 Å². The van der Waals surface area contributed by atoms with Gasteiger partial charge < -0.3 is 9.64 Å². The first-order valence-electron chi connectivity index (χ1n) is 9.95. The van der Waals surface area contributed by atoms with E-state index < -0.39 is 0 Å². The third-order valence-electron chi connectivity index (χ3n) is 6.22. The van der Waals surface area contributed by atoms with Crippen LogP contribution in [0.3, 0.4) is 0 Å². The SMILES string of the molecule is c1cncc(CO[C@H]2CC3(CCN(c4cnccn4)CC3)c3ccccc32)c1. The number of hydrogen-bond donors (Lipinski definition) is 0. The molecule has 1 aliphatic carbocycles. The fraction of sp³-hybridized carbons (Fsp3) is 0.348. The Labute approximate surface area is 165 Å². The van der Waals surface area contributed by atoms with E-state index >= 15 is 0 Å². The maximum absolute atomic E-state index is 6.38. The Kier molecular flexibility index (Phi) is 4.53. The molecule has 0 unspecified atom stereocenters. The van der Waals surface area contributed by atoms with Crippen LogP contribution in [0.1, 0.15) is 42.1 Å². The Morgan fingerprint density at radius 2 is 1.82 bits per heavy atom. The molecule has 3 aromatic rings. The van der Waals surface area contributed by atoms with Gasteiger partial charge in [-0.2, -0.15) is 0 Å². The summed E-state index contributed by atoms with van der Waals surface area (Å²) in [5.74, 6) is 0.980. The van der Waals surface area contributed by atoms with Gasteiger partial charge in [-0.25, -0.2) is 4.98 Å². The van der Waals surface area contributed by atoms with Crippen molar-refractivity contribution >= 4 is 5.82 Å². The topological polar surface area (TPSA) is 51.1 Å². The van der Waals surface area contributed by atoms with Crippen LogP contribution in [-0.2, 0) is 16.8 Å². The monoisotopic (exact) mass is 372 g/mol. The predicted molar refractivity (Wildman–Crippen MR) is 108 cm³/mol. The first-order chi connectivity index (χ1) is 13.8.